The summed E-state index contributed by atoms with van der Waals surface area (Å²) in [6.45, 7) is 1.95. The van der Waals surface area contributed by atoms with E-state index in [-0.39, 0.29) is 24.5 Å². The Morgan fingerprint density at radius 1 is 1.25 bits per heavy atom. The Morgan fingerprint density at radius 3 is 2.71 bits per heavy atom. The van der Waals surface area contributed by atoms with Gasteiger partial charge in [-0.15, -0.1) is 11.3 Å². The Morgan fingerprint density at radius 2 is 2.00 bits per heavy atom. The van der Waals surface area contributed by atoms with Crippen LogP contribution in [0, 0.1) is 0 Å². The first kappa shape index (κ1) is 17.4. The standard InChI is InChI=1S/C15H16N4O4S/c1-2-23-15(22)19-14-17-9(8-24-14)7-12(20)18-11-6-4-3-5-10(11)13(16)21/h3-6,8H,2,7H2,1H3,(H2,16,21)(H,18,20)(H,17,19,22). The van der Waals surface area contributed by atoms with Crippen LogP contribution in [0.5, 0.6) is 0 Å². The fourth-order valence-corrected chi connectivity index (χ4v) is 2.56. The molecule has 0 saturated carbocycles. The smallest absolute Gasteiger partial charge is 0.413 e. The molecule has 3 amide bonds. The largest absolute Gasteiger partial charge is 0.450 e. The first-order chi connectivity index (χ1) is 11.5. The number of rotatable bonds is 6. The van der Waals surface area contributed by atoms with Crippen molar-refractivity contribution in [3.8, 4) is 0 Å². The number of para-hydroxylation sites is 1. The van der Waals surface area contributed by atoms with Gasteiger partial charge in [0.2, 0.25) is 5.91 Å². The molecule has 0 radical (unpaired) electrons. The summed E-state index contributed by atoms with van der Waals surface area (Å²) in [5.74, 6) is -0.975. The van der Waals surface area contributed by atoms with Crippen molar-refractivity contribution in [2.75, 3.05) is 17.2 Å². The Balaban J connectivity index is 1.97. The summed E-state index contributed by atoms with van der Waals surface area (Å²) in [6, 6.07) is 6.46. The highest BCUT2D eigenvalue weighted by Crippen LogP contribution is 2.18. The number of ether oxygens (including phenoxy) is 1. The van der Waals surface area contributed by atoms with Crippen molar-refractivity contribution in [1.29, 1.82) is 0 Å². The summed E-state index contributed by atoms with van der Waals surface area (Å²) < 4.78 is 4.74. The van der Waals surface area contributed by atoms with Gasteiger partial charge in [0.05, 0.1) is 30.0 Å². The molecule has 1 aromatic carbocycles. The third kappa shape index (κ3) is 4.78. The van der Waals surface area contributed by atoms with Crippen LogP contribution in [-0.4, -0.2) is 29.5 Å². The number of hydrogen-bond acceptors (Lipinski definition) is 6. The molecule has 1 aromatic heterocycles. The molecule has 0 atom stereocenters. The van der Waals surface area contributed by atoms with Gasteiger partial charge in [-0.25, -0.2) is 9.78 Å². The van der Waals surface area contributed by atoms with Crippen molar-refractivity contribution in [1.82, 2.24) is 4.98 Å². The minimum atomic E-state index is -0.625. The number of aromatic nitrogens is 1. The second-order valence-corrected chi connectivity index (χ2v) is 5.48. The molecule has 2 rings (SSSR count). The topological polar surface area (TPSA) is 123 Å². The number of nitrogens with zero attached hydrogens (tertiary/aromatic N) is 1. The average molecular weight is 348 g/mol. The maximum absolute atomic E-state index is 12.1. The van der Waals surface area contributed by atoms with Crippen LogP contribution in [0.3, 0.4) is 0 Å². The Bertz CT molecular complexity index is 759. The van der Waals surface area contributed by atoms with Crippen LogP contribution in [0.25, 0.3) is 0 Å². The van der Waals surface area contributed by atoms with E-state index < -0.39 is 12.0 Å². The lowest BCUT2D eigenvalue weighted by Crippen LogP contribution is -2.19. The normalized spacial score (nSPS) is 10.0. The molecule has 0 aliphatic rings. The van der Waals surface area contributed by atoms with E-state index in [1.807, 2.05) is 0 Å². The van der Waals surface area contributed by atoms with Gasteiger partial charge in [-0.3, -0.25) is 14.9 Å². The van der Waals surface area contributed by atoms with E-state index in [9.17, 15) is 14.4 Å². The number of amides is 3. The highest BCUT2D eigenvalue weighted by molar-refractivity contribution is 7.13. The molecule has 0 saturated heterocycles. The van der Waals surface area contributed by atoms with Crippen molar-refractivity contribution >= 4 is 40.1 Å². The summed E-state index contributed by atoms with van der Waals surface area (Å²) in [6.07, 6.45) is -0.605. The zero-order valence-corrected chi connectivity index (χ0v) is 13.7. The molecule has 2 aromatic rings. The third-order valence-electron chi connectivity index (χ3n) is 2.84. The molecule has 1 heterocycles. The molecule has 0 aliphatic carbocycles. The monoisotopic (exact) mass is 348 g/mol. The van der Waals surface area contributed by atoms with Crippen molar-refractivity contribution in [2.45, 2.75) is 13.3 Å². The van der Waals surface area contributed by atoms with Crippen LogP contribution in [0.2, 0.25) is 0 Å². The Kier molecular flexibility index (Phi) is 5.85. The van der Waals surface area contributed by atoms with Gasteiger partial charge in [0.25, 0.3) is 5.91 Å². The number of carbonyl (C=O) groups excluding carboxylic acids is 3. The summed E-state index contributed by atoms with van der Waals surface area (Å²) in [4.78, 5) is 38.8. The Labute approximate surface area is 142 Å². The molecular formula is C15H16N4O4S. The minimum absolute atomic E-state index is 0.00585. The molecule has 9 heteroatoms. The highest BCUT2D eigenvalue weighted by Gasteiger charge is 2.13. The molecule has 0 bridgehead atoms. The number of thiazole rings is 1. The van der Waals surface area contributed by atoms with Gasteiger partial charge in [-0.1, -0.05) is 12.1 Å². The van der Waals surface area contributed by atoms with E-state index >= 15 is 0 Å². The fourth-order valence-electron chi connectivity index (χ4n) is 1.87. The average Bonchev–Trinajstić information content (AvgIpc) is 2.94. The number of benzene rings is 1. The van der Waals surface area contributed by atoms with Crippen LogP contribution >= 0.6 is 11.3 Å². The van der Waals surface area contributed by atoms with Gasteiger partial charge in [0, 0.05) is 5.38 Å². The van der Waals surface area contributed by atoms with Crippen molar-refractivity contribution < 1.29 is 19.1 Å². The number of hydrogen-bond donors (Lipinski definition) is 3. The van der Waals surface area contributed by atoms with E-state index in [4.69, 9.17) is 10.5 Å². The highest BCUT2D eigenvalue weighted by atomic mass is 32.1. The minimum Gasteiger partial charge on any atom is -0.450 e. The molecule has 4 N–H and O–H groups in total. The molecular weight excluding hydrogens is 332 g/mol. The van der Waals surface area contributed by atoms with E-state index in [1.54, 1.807) is 30.5 Å². The molecule has 0 aliphatic heterocycles. The Hall–Kier alpha value is -2.94. The molecule has 0 spiro atoms. The van der Waals surface area contributed by atoms with Gasteiger partial charge in [-0.2, -0.15) is 0 Å². The van der Waals surface area contributed by atoms with Gasteiger partial charge >= 0.3 is 6.09 Å². The van der Waals surface area contributed by atoms with E-state index in [0.717, 1.165) is 0 Å². The molecule has 126 valence electrons. The first-order valence-electron chi connectivity index (χ1n) is 7.06. The predicted octanol–water partition coefficient (Wildman–Crippen LogP) is 1.99. The number of primary amides is 1. The first-order valence-corrected chi connectivity index (χ1v) is 7.94. The summed E-state index contributed by atoms with van der Waals surface area (Å²) in [5, 5.41) is 7.08. The number of nitrogens with two attached hydrogens (primary N) is 1. The van der Waals surface area contributed by atoms with Gasteiger partial charge in [0.15, 0.2) is 5.13 Å². The molecule has 24 heavy (non-hydrogen) atoms. The predicted molar refractivity (Wildman–Crippen MR) is 90.1 cm³/mol. The van der Waals surface area contributed by atoms with Gasteiger partial charge in [0.1, 0.15) is 0 Å². The second-order valence-electron chi connectivity index (χ2n) is 4.62. The van der Waals surface area contributed by atoms with Gasteiger partial charge < -0.3 is 15.8 Å². The van der Waals surface area contributed by atoms with Crippen molar-refractivity contribution in [2.24, 2.45) is 5.73 Å². The summed E-state index contributed by atoms with van der Waals surface area (Å²) in [7, 11) is 0. The van der Waals surface area contributed by atoms with Crippen LogP contribution in [0.15, 0.2) is 29.6 Å². The molecule has 0 fully saturated rings. The lowest BCUT2D eigenvalue weighted by molar-refractivity contribution is -0.115. The lowest BCUT2D eigenvalue weighted by atomic mass is 10.1. The second kappa shape index (κ2) is 8.06. The van der Waals surface area contributed by atoms with E-state index in [1.165, 1.54) is 17.4 Å². The quantitative estimate of drug-likeness (QED) is 0.736. The van der Waals surface area contributed by atoms with Gasteiger partial charge in [-0.05, 0) is 19.1 Å². The maximum Gasteiger partial charge on any atom is 0.413 e. The maximum atomic E-state index is 12.1. The van der Waals surface area contributed by atoms with Crippen LogP contribution < -0.4 is 16.4 Å². The summed E-state index contributed by atoms with van der Waals surface area (Å²) in [5.41, 5.74) is 6.32. The van der Waals surface area contributed by atoms with Crippen molar-refractivity contribution in [3.63, 3.8) is 0 Å². The lowest BCUT2D eigenvalue weighted by Gasteiger charge is -2.07. The van der Waals surface area contributed by atoms with Crippen LogP contribution in [0.4, 0.5) is 15.6 Å². The van der Waals surface area contributed by atoms with Crippen LogP contribution in [0.1, 0.15) is 23.0 Å². The van der Waals surface area contributed by atoms with Crippen molar-refractivity contribution in [3.05, 3.63) is 40.9 Å². The molecule has 0 unspecified atom stereocenters. The SMILES string of the molecule is CCOC(=O)Nc1nc(CC(=O)Nc2ccccc2C(N)=O)cs1. The number of nitrogens with one attached hydrogen (secondary N) is 2. The van der Waals surface area contributed by atoms with Crippen LogP contribution in [-0.2, 0) is 16.0 Å². The third-order valence-corrected chi connectivity index (χ3v) is 3.65. The van der Waals surface area contributed by atoms with E-state index in [2.05, 4.69) is 15.6 Å². The number of anilines is 2. The zero-order valence-electron chi connectivity index (χ0n) is 12.9. The van der Waals surface area contributed by atoms with E-state index in [0.29, 0.717) is 16.5 Å². The zero-order chi connectivity index (χ0) is 17.5. The summed E-state index contributed by atoms with van der Waals surface area (Å²) >= 11 is 1.18. The molecule has 8 nitrogen and oxygen atoms in total. The fraction of sp³-hybridized carbons (Fsp3) is 0.200. The number of carbonyl (C=O) groups is 3.